The minimum Gasteiger partial charge on any atom is -0.324 e. The molecule has 0 bridgehead atoms. The van der Waals surface area contributed by atoms with E-state index in [0.717, 1.165) is 14.2 Å². The Balaban J connectivity index is 1.49. The van der Waals surface area contributed by atoms with Crippen molar-refractivity contribution in [2.45, 2.75) is 16.6 Å². The number of thioether (sulfide) groups is 1. The van der Waals surface area contributed by atoms with Crippen molar-refractivity contribution >= 4 is 51.9 Å². The van der Waals surface area contributed by atoms with Crippen molar-refractivity contribution in [2.75, 3.05) is 4.90 Å². The van der Waals surface area contributed by atoms with Gasteiger partial charge in [0.05, 0.1) is 10.9 Å². The third kappa shape index (κ3) is 3.43. The van der Waals surface area contributed by atoms with Crippen LogP contribution in [-0.4, -0.2) is 21.6 Å². The molecule has 0 saturated carbocycles. The molecule has 4 nitrogen and oxygen atoms in total. The highest BCUT2D eigenvalue weighted by Gasteiger charge is 2.40. The van der Waals surface area contributed by atoms with E-state index in [1.807, 2.05) is 77.6 Å². The van der Waals surface area contributed by atoms with Crippen molar-refractivity contribution in [1.82, 2.24) is 4.57 Å². The summed E-state index contributed by atoms with van der Waals surface area (Å²) < 4.78 is 3.09. The zero-order valence-electron chi connectivity index (χ0n) is 13.7. The van der Waals surface area contributed by atoms with Crippen LogP contribution in [0, 0.1) is 3.57 Å². The summed E-state index contributed by atoms with van der Waals surface area (Å²) in [5.41, 5.74) is 1.71. The van der Waals surface area contributed by atoms with Gasteiger partial charge in [-0.25, -0.2) is 4.90 Å². The summed E-state index contributed by atoms with van der Waals surface area (Å²) in [6, 6.07) is 19.4. The number of carbonyl (C=O) groups excluding carboxylic acids is 2. The fraction of sp³-hybridized carbons (Fsp3) is 0.100. The maximum absolute atomic E-state index is 12.7. The van der Waals surface area contributed by atoms with Gasteiger partial charge in [0.15, 0.2) is 0 Å². The van der Waals surface area contributed by atoms with E-state index >= 15 is 0 Å². The van der Waals surface area contributed by atoms with Crippen LogP contribution in [0.5, 0.6) is 0 Å². The highest BCUT2D eigenvalue weighted by molar-refractivity contribution is 14.1. The number of halogens is 1. The number of carbonyl (C=O) groups is 2. The lowest BCUT2D eigenvalue weighted by Crippen LogP contribution is -2.31. The summed E-state index contributed by atoms with van der Waals surface area (Å²) in [5, 5.41) is -0.376. The third-order valence-corrected chi connectivity index (χ3v) is 6.12. The lowest BCUT2D eigenvalue weighted by Gasteiger charge is -2.15. The minimum absolute atomic E-state index is 0.141. The van der Waals surface area contributed by atoms with E-state index in [4.69, 9.17) is 0 Å². The summed E-state index contributed by atoms with van der Waals surface area (Å²) in [5.74, 6) is -0.284. The molecule has 1 fully saturated rings. The Hall–Kier alpha value is -2.06. The second kappa shape index (κ2) is 7.28. The maximum atomic E-state index is 12.7. The molecule has 2 aromatic carbocycles. The number of anilines is 1. The summed E-state index contributed by atoms with van der Waals surface area (Å²) in [7, 11) is 0. The van der Waals surface area contributed by atoms with E-state index in [1.54, 1.807) is 0 Å². The number of hydrogen-bond acceptors (Lipinski definition) is 3. The van der Waals surface area contributed by atoms with Crippen LogP contribution in [-0.2, 0) is 9.59 Å². The molecule has 3 aromatic rings. The summed E-state index contributed by atoms with van der Waals surface area (Å²) in [6.07, 6.45) is 4.20. The molecule has 0 spiro atoms. The molecule has 130 valence electrons. The zero-order valence-corrected chi connectivity index (χ0v) is 16.7. The number of nitrogens with zero attached hydrogens (tertiary/aromatic N) is 2. The molecule has 0 radical (unpaired) electrons. The first-order valence-electron chi connectivity index (χ1n) is 8.14. The first-order valence-corrected chi connectivity index (χ1v) is 10.1. The van der Waals surface area contributed by atoms with E-state index in [2.05, 4.69) is 22.6 Å². The van der Waals surface area contributed by atoms with Crippen LogP contribution < -0.4 is 4.90 Å². The van der Waals surface area contributed by atoms with Gasteiger partial charge in [0.2, 0.25) is 11.8 Å². The Morgan fingerprint density at radius 3 is 2.15 bits per heavy atom. The average molecular weight is 474 g/mol. The summed E-state index contributed by atoms with van der Waals surface area (Å²) >= 11 is 3.65. The molecule has 6 heteroatoms. The molecule has 1 aromatic heterocycles. The first kappa shape index (κ1) is 17.4. The minimum atomic E-state index is -0.376. The highest BCUT2D eigenvalue weighted by Crippen LogP contribution is 2.34. The molecule has 1 saturated heterocycles. The zero-order chi connectivity index (χ0) is 18.1. The van der Waals surface area contributed by atoms with Gasteiger partial charge in [-0.2, -0.15) is 0 Å². The molecule has 0 aliphatic carbocycles. The molecular formula is C20H15IN2O2S. The predicted molar refractivity (Wildman–Crippen MR) is 112 cm³/mol. The van der Waals surface area contributed by atoms with Gasteiger partial charge in [-0.15, -0.1) is 11.8 Å². The Labute approximate surface area is 169 Å². The highest BCUT2D eigenvalue weighted by atomic mass is 127. The van der Waals surface area contributed by atoms with Crippen molar-refractivity contribution in [3.05, 3.63) is 76.6 Å². The molecule has 2 heterocycles. The van der Waals surface area contributed by atoms with Crippen molar-refractivity contribution in [1.29, 1.82) is 0 Å². The molecule has 1 aliphatic heterocycles. The van der Waals surface area contributed by atoms with Crippen molar-refractivity contribution < 1.29 is 9.59 Å². The van der Waals surface area contributed by atoms with Gasteiger partial charge >= 0.3 is 0 Å². The van der Waals surface area contributed by atoms with E-state index < -0.39 is 0 Å². The number of aromatic nitrogens is 1. The fourth-order valence-electron chi connectivity index (χ4n) is 2.93. The number of imide groups is 1. The van der Waals surface area contributed by atoms with E-state index in [-0.39, 0.29) is 23.5 Å². The Morgan fingerprint density at radius 2 is 1.50 bits per heavy atom. The summed E-state index contributed by atoms with van der Waals surface area (Å²) in [6.45, 7) is 0. The van der Waals surface area contributed by atoms with Gasteiger partial charge in [-0.3, -0.25) is 9.59 Å². The molecule has 26 heavy (non-hydrogen) atoms. The van der Waals surface area contributed by atoms with Gasteiger partial charge in [-0.05, 0) is 83.3 Å². The van der Waals surface area contributed by atoms with Gasteiger partial charge in [-0.1, -0.05) is 0 Å². The monoisotopic (exact) mass is 474 g/mol. The van der Waals surface area contributed by atoms with Crippen LogP contribution in [0.1, 0.15) is 6.42 Å². The molecule has 0 N–H and O–H groups in total. The van der Waals surface area contributed by atoms with Crippen molar-refractivity contribution in [2.24, 2.45) is 0 Å². The normalized spacial score (nSPS) is 17.1. The number of benzene rings is 2. The largest absolute Gasteiger partial charge is 0.324 e. The van der Waals surface area contributed by atoms with Crippen molar-refractivity contribution in [3.63, 3.8) is 0 Å². The summed E-state index contributed by atoms with van der Waals surface area (Å²) in [4.78, 5) is 27.4. The maximum Gasteiger partial charge on any atom is 0.247 e. The Kier molecular flexibility index (Phi) is 4.86. The van der Waals surface area contributed by atoms with Crippen LogP contribution in [0.15, 0.2) is 78.0 Å². The van der Waals surface area contributed by atoms with Gasteiger partial charge in [0.25, 0.3) is 0 Å². The SMILES string of the molecule is O=C1CC(Sc2ccc(-n3cccc3)cc2)C(=O)N1c1ccc(I)cc1. The Morgan fingerprint density at radius 1 is 0.885 bits per heavy atom. The van der Waals surface area contributed by atoms with Crippen molar-refractivity contribution in [3.8, 4) is 5.69 Å². The molecule has 2 amide bonds. The van der Waals surface area contributed by atoms with Crippen LogP contribution in [0.2, 0.25) is 0 Å². The first-order chi connectivity index (χ1) is 12.6. The quantitative estimate of drug-likeness (QED) is 0.413. The number of hydrogen-bond donors (Lipinski definition) is 0. The van der Waals surface area contributed by atoms with Crippen LogP contribution in [0.25, 0.3) is 5.69 Å². The molecule has 1 unspecified atom stereocenters. The van der Waals surface area contributed by atoms with E-state index in [0.29, 0.717) is 5.69 Å². The molecule has 4 rings (SSSR count). The standard InChI is InChI=1S/C20H15IN2O2S/c21-14-3-5-16(6-4-14)23-19(24)13-18(20(23)25)26-17-9-7-15(8-10-17)22-11-1-2-12-22/h1-12,18H,13H2. The van der Waals surface area contributed by atoms with E-state index in [1.165, 1.54) is 16.7 Å². The van der Waals surface area contributed by atoms with Crippen LogP contribution >= 0.6 is 34.4 Å². The molecule has 1 aliphatic rings. The second-order valence-electron chi connectivity index (χ2n) is 5.94. The molecule has 1 atom stereocenters. The number of rotatable bonds is 4. The predicted octanol–water partition coefficient (Wildman–Crippen LogP) is 4.51. The van der Waals surface area contributed by atoms with Crippen LogP contribution in [0.3, 0.4) is 0 Å². The van der Waals surface area contributed by atoms with Gasteiger partial charge in [0, 0.05) is 33.0 Å². The topological polar surface area (TPSA) is 42.3 Å². The second-order valence-corrected chi connectivity index (χ2v) is 8.46. The lowest BCUT2D eigenvalue weighted by molar-refractivity contribution is -0.121. The fourth-order valence-corrected chi connectivity index (χ4v) is 4.34. The number of amides is 2. The van der Waals surface area contributed by atoms with Gasteiger partial charge in [0.1, 0.15) is 0 Å². The molecular weight excluding hydrogens is 459 g/mol. The van der Waals surface area contributed by atoms with E-state index in [9.17, 15) is 9.59 Å². The lowest BCUT2D eigenvalue weighted by atomic mass is 10.3. The third-order valence-electron chi connectivity index (χ3n) is 4.21. The average Bonchev–Trinajstić information content (AvgIpc) is 3.26. The smallest absolute Gasteiger partial charge is 0.247 e. The van der Waals surface area contributed by atoms with Gasteiger partial charge < -0.3 is 4.57 Å². The Bertz CT molecular complexity index is 937. The van der Waals surface area contributed by atoms with Crippen LogP contribution in [0.4, 0.5) is 5.69 Å².